The Bertz CT molecular complexity index is 107. The van der Waals surface area contributed by atoms with Crippen molar-refractivity contribution in [1.29, 1.82) is 5.41 Å². The number of guanidine groups is 1. The fourth-order valence-electron chi connectivity index (χ4n) is 0.906. The van der Waals surface area contributed by atoms with E-state index in [2.05, 4.69) is 5.32 Å². The topological polar surface area (TPSA) is 65.1 Å². The molecule has 1 heterocycles. The van der Waals surface area contributed by atoms with Crippen LogP contribution in [0.4, 0.5) is 0 Å². The highest BCUT2D eigenvalue weighted by molar-refractivity contribution is 5.74. The zero-order valence-electron chi connectivity index (χ0n) is 7.35. The Morgan fingerprint density at radius 3 is 2.09 bits per heavy atom. The molecule has 4 N–H and O–H groups in total. The molecule has 0 unspecified atom stereocenters. The van der Waals surface area contributed by atoms with Gasteiger partial charge in [0.15, 0.2) is 5.96 Å². The fourth-order valence-corrected chi connectivity index (χ4v) is 0.906. The predicted molar refractivity (Wildman–Crippen MR) is 47.7 cm³/mol. The highest BCUT2D eigenvalue weighted by Gasteiger charge is 2.08. The fraction of sp³-hybridized carbons (Fsp3) is 0.857. The number of hydrogen-bond donors (Lipinski definition) is 3. The van der Waals surface area contributed by atoms with Gasteiger partial charge in [-0.15, -0.1) is 0 Å². The molecule has 1 aliphatic rings. The van der Waals surface area contributed by atoms with E-state index in [1.54, 1.807) is 0 Å². The Morgan fingerprint density at radius 2 is 1.82 bits per heavy atom. The molecule has 0 radical (unpaired) electrons. The molecule has 4 nitrogen and oxygen atoms in total. The average Bonchev–Trinajstić information content (AvgIpc) is 2.10. The van der Waals surface area contributed by atoms with Crippen LogP contribution >= 0.6 is 0 Å². The molecule has 0 aliphatic carbocycles. The summed E-state index contributed by atoms with van der Waals surface area (Å²) in [6, 6.07) is 0. The van der Waals surface area contributed by atoms with Gasteiger partial charge in [0.05, 0.1) is 0 Å². The molecule has 1 rings (SSSR count). The van der Waals surface area contributed by atoms with Gasteiger partial charge < -0.3 is 16.0 Å². The van der Waals surface area contributed by atoms with Crippen LogP contribution in [0.2, 0.25) is 0 Å². The molecule has 4 heteroatoms. The quantitative estimate of drug-likeness (QED) is 0.338. The van der Waals surface area contributed by atoms with Gasteiger partial charge in [0.25, 0.3) is 0 Å². The van der Waals surface area contributed by atoms with Crippen molar-refractivity contribution in [3.63, 3.8) is 0 Å². The summed E-state index contributed by atoms with van der Waals surface area (Å²) in [5.74, 6) is 0.191. The third-order valence-corrected chi connectivity index (χ3v) is 1.46. The number of nitrogens with two attached hydrogens (primary N) is 1. The maximum Gasteiger partial charge on any atom is 0.188 e. The standard InChI is InChI=1S/C5H12N4.C2H6/c6-5(7)9-3-1-8-2-4-9;1-2/h8H,1-4H2,(H3,6,7);1-2H3. The Balaban J connectivity index is 0.000000461. The maximum absolute atomic E-state index is 7.06. The zero-order valence-corrected chi connectivity index (χ0v) is 7.35. The third kappa shape index (κ3) is 3.83. The largest absolute Gasteiger partial charge is 0.370 e. The van der Waals surface area contributed by atoms with Crippen molar-refractivity contribution in [3.8, 4) is 0 Å². The number of piperazine rings is 1. The van der Waals surface area contributed by atoms with Gasteiger partial charge in [-0.25, -0.2) is 0 Å². The normalized spacial score (nSPS) is 16.7. The molecule has 1 fully saturated rings. The Morgan fingerprint density at radius 1 is 1.36 bits per heavy atom. The highest BCUT2D eigenvalue weighted by Crippen LogP contribution is 1.88. The van der Waals surface area contributed by atoms with Gasteiger partial charge in [-0.3, -0.25) is 5.41 Å². The molecule has 0 amide bonds. The van der Waals surface area contributed by atoms with Gasteiger partial charge in [-0.2, -0.15) is 0 Å². The van der Waals surface area contributed by atoms with Gasteiger partial charge >= 0.3 is 0 Å². The van der Waals surface area contributed by atoms with Crippen LogP contribution in [0.15, 0.2) is 0 Å². The second-order valence-electron chi connectivity index (χ2n) is 2.12. The van der Waals surface area contributed by atoms with Gasteiger partial charge in [0, 0.05) is 26.2 Å². The van der Waals surface area contributed by atoms with Gasteiger partial charge in [-0.1, -0.05) is 13.8 Å². The highest BCUT2D eigenvalue weighted by atomic mass is 15.3. The average molecular weight is 158 g/mol. The minimum Gasteiger partial charge on any atom is -0.370 e. The molecular formula is C7H18N4. The van der Waals surface area contributed by atoms with E-state index in [0.29, 0.717) is 0 Å². The summed E-state index contributed by atoms with van der Waals surface area (Å²) in [6.07, 6.45) is 0. The molecule has 0 aromatic heterocycles. The Hall–Kier alpha value is -0.770. The van der Waals surface area contributed by atoms with Crippen molar-refractivity contribution in [2.24, 2.45) is 5.73 Å². The molecule has 1 saturated heterocycles. The molecule has 1 aliphatic heterocycles. The van der Waals surface area contributed by atoms with E-state index in [-0.39, 0.29) is 5.96 Å². The van der Waals surface area contributed by atoms with Crippen molar-refractivity contribution in [3.05, 3.63) is 0 Å². The van der Waals surface area contributed by atoms with Gasteiger partial charge in [0.1, 0.15) is 0 Å². The molecule has 0 atom stereocenters. The van der Waals surface area contributed by atoms with E-state index in [1.165, 1.54) is 0 Å². The van der Waals surface area contributed by atoms with Crippen LogP contribution < -0.4 is 11.1 Å². The summed E-state index contributed by atoms with van der Waals surface area (Å²) in [5, 5.41) is 10.2. The Labute approximate surface area is 68.3 Å². The number of nitrogens with one attached hydrogen (secondary N) is 2. The molecular weight excluding hydrogens is 140 g/mol. The SMILES string of the molecule is CC.N=C(N)N1CCNCC1. The minimum absolute atomic E-state index is 0.191. The van der Waals surface area contributed by atoms with Crippen molar-refractivity contribution >= 4 is 5.96 Å². The summed E-state index contributed by atoms with van der Waals surface area (Å²) in [6.45, 7) is 7.63. The van der Waals surface area contributed by atoms with E-state index in [1.807, 2.05) is 18.7 Å². The maximum atomic E-state index is 7.06. The van der Waals surface area contributed by atoms with E-state index in [4.69, 9.17) is 11.1 Å². The second kappa shape index (κ2) is 5.97. The molecule has 66 valence electrons. The van der Waals surface area contributed by atoms with Crippen molar-refractivity contribution < 1.29 is 0 Å². The van der Waals surface area contributed by atoms with E-state index in [9.17, 15) is 0 Å². The van der Waals surface area contributed by atoms with Crippen molar-refractivity contribution in [1.82, 2.24) is 10.2 Å². The van der Waals surface area contributed by atoms with Gasteiger partial charge in [-0.05, 0) is 0 Å². The third-order valence-electron chi connectivity index (χ3n) is 1.46. The number of rotatable bonds is 0. The van der Waals surface area contributed by atoms with Crippen LogP contribution in [0.1, 0.15) is 13.8 Å². The molecule has 0 aromatic carbocycles. The first-order chi connectivity index (χ1) is 5.30. The predicted octanol–water partition coefficient (Wildman–Crippen LogP) is -0.189. The van der Waals surface area contributed by atoms with Crippen LogP contribution in [-0.2, 0) is 0 Å². The lowest BCUT2D eigenvalue weighted by atomic mass is 10.4. The second-order valence-corrected chi connectivity index (χ2v) is 2.12. The summed E-state index contributed by atoms with van der Waals surface area (Å²) >= 11 is 0. The molecule has 0 saturated carbocycles. The number of hydrogen-bond acceptors (Lipinski definition) is 2. The van der Waals surface area contributed by atoms with Crippen molar-refractivity contribution in [2.45, 2.75) is 13.8 Å². The van der Waals surface area contributed by atoms with Crippen LogP contribution in [-0.4, -0.2) is 37.0 Å². The first-order valence-corrected chi connectivity index (χ1v) is 4.10. The van der Waals surface area contributed by atoms with Crippen molar-refractivity contribution in [2.75, 3.05) is 26.2 Å². The number of nitrogens with zero attached hydrogens (tertiary/aromatic N) is 1. The molecule has 11 heavy (non-hydrogen) atoms. The monoisotopic (exact) mass is 158 g/mol. The van der Waals surface area contributed by atoms with E-state index in [0.717, 1.165) is 26.2 Å². The van der Waals surface area contributed by atoms with E-state index < -0.39 is 0 Å². The zero-order chi connectivity index (χ0) is 8.69. The minimum atomic E-state index is 0.191. The smallest absolute Gasteiger partial charge is 0.188 e. The lowest BCUT2D eigenvalue weighted by Gasteiger charge is -2.27. The van der Waals surface area contributed by atoms with Gasteiger partial charge in [0.2, 0.25) is 0 Å². The lowest BCUT2D eigenvalue weighted by molar-refractivity contribution is 0.352. The summed E-state index contributed by atoms with van der Waals surface area (Å²) in [4.78, 5) is 1.86. The van der Waals surface area contributed by atoms with Crippen LogP contribution in [0.25, 0.3) is 0 Å². The summed E-state index contributed by atoms with van der Waals surface area (Å²) < 4.78 is 0. The van der Waals surface area contributed by atoms with Crippen LogP contribution in [0.3, 0.4) is 0 Å². The van der Waals surface area contributed by atoms with Crippen LogP contribution in [0, 0.1) is 5.41 Å². The lowest BCUT2D eigenvalue weighted by Crippen LogP contribution is -2.48. The van der Waals surface area contributed by atoms with E-state index >= 15 is 0 Å². The first-order valence-electron chi connectivity index (χ1n) is 4.10. The first kappa shape index (κ1) is 10.2. The summed E-state index contributed by atoms with van der Waals surface area (Å²) in [5.41, 5.74) is 5.25. The summed E-state index contributed by atoms with van der Waals surface area (Å²) in [7, 11) is 0. The molecule has 0 spiro atoms. The molecule has 0 aromatic rings. The molecule has 0 bridgehead atoms. The Kier molecular flexibility index (Phi) is 5.56. The van der Waals surface area contributed by atoms with Crippen LogP contribution in [0.5, 0.6) is 0 Å².